The minimum absolute atomic E-state index is 0.0647. The Balaban J connectivity index is 2.61. The van der Waals surface area contributed by atoms with Crippen LogP contribution in [0.3, 0.4) is 0 Å². The molecule has 6 heteroatoms. The lowest BCUT2D eigenvalue weighted by Crippen LogP contribution is -1.89. The molecule has 0 aliphatic carbocycles. The van der Waals surface area contributed by atoms with Gasteiger partial charge in [-0.05, 0) is 13.0 Å². The summed E-state index contributed by atoms with van der Waals surface area (Å²) in [6.45, 7) is 1.95. The second kappa shape index (κ2) is 3.49. The van der Waals surface area contributed by atoms with E-state index < -0.39 is 0 Å². The topological polar surface area (TPSA) is 58.9 Å². The Labute approximate surface area is 109 Å². The Morgan fingerprint density at radius 3 is 3.00 bits per heavy atom. The summed E-state index contributed by atoms with van der Waals surface area (Å²) in [5.74, 6) is 0.0647. The van der Waals surface area contributed by atoms with Gasteiger partial charge in [-0.3, -0.25) is 0 Å². The molecule has 3 aromatic rings. The summed E-state index contributed by atoms with van der Waals surface area (Å²) in [5.41, 5.74) is 0.936. The Bertz CT molecular complexity index is 710. The van der Waals surface area contributed by atoms with Crippen molar-refractivity contribution in [2.45, 2.75) is 6.92 Å². The highest BCUT2D eigenvalue weighted by Gasteiger charge is 2.13. The molecule has 4 nitrogen and oxygen atoms in total. The SMILES string of the molecule is Cc1nc(I)nc2sc3c(O)nccc3c12. The molecule has 0 saturated carbocycles. The van der Waals surface area contributed by atoms with Gasteiger partial charge in [0.2, 0.25) is 5.88 Å². The van der Waals surface area contributed by atoms with Crippen molar-refractivity contribution in [2.24, 2.45) is 0 Å². The fourth-order valence-electron chi connectivity index (χ4n) is 1.73. The molecule has 0 radical (unpaired) electrons. The first kappa shape index (κ1) is 10.2. The van der Waals surface area contributed by atoms with Gasteiger partial charge in [-0.25, -0.2) is 15.0 Å². The molecule has 0 unspecified atom stereocenters. The lowest BCUT2D eigenvalue weighted by molar-refractivity contribution is 0.461. The van der Waals surface area contributed by atoms with E-state index in [-0.39, 0.29) is 5.88 Å². The van der Waals surface area contributed by atoms with E-state index in [1.165, 1.54) is 11.3 Å². The van der Waals surface area contributed by atoms with Crippen molar-refractivity contribution in [1.29, 1.82) is 0 Å². The first-order valence-electron chi connectivity index (χ1n) is 4.57. The van der Waals surface area contributed by atoms with E-state index in [2.05, 4.69) is 37.5 Å². The summed E-state index contributed by atoms with van der Waals surface area (Å²) in [5, 5.41) is 11.7. The molecule has 0 saturated heterocycles. The highest BCUT2D eigenvalue weighted by molar-refractivity contribution is 14.1. The first-order valence-corrected chi connectivity index (χ1v) is 6.46. The summed E-state index contributed by atoms with van der Waals surface area (Å²) in [7, 11) is 0. The van der Waals surface area contributed by atoms with Crippen molar-refractivity contribution in [1.82, 2.24) is 15.0 Å². The molecule has 1 N–H and O–H groups in total. The number of halogens is 1. The molecule has 3 heterocycles. The van der Waals surface area contributed by atoms with Crippen LogP contribution in [-0.4, -0.2) is 20.1 Å². The van der Waals surface area contributed by atoms with E-state index in [4.69, 9.17) is 0 Å². The van der Waals surface area contributed by atoms with Gasteiger partial charge in [0, 0.05) is 39.6 Å². The zero-order valence-corrected chi connectivity index (χ0v) is 11.2. The Kier molecular flexibility index (Phi) is 2.21. The fraction of sp³-hybridized carbons (Fsp3) is 0.100. The molecule has 0 aliphatic rings. The second-order valence-corrected chi connectivity index (χ2v) is 5.34. The summed E-state index contributed by atoms with van der Waals surface area (Å²) in [6, 6.07) is 1.89. The molecule has 16 heavy (non-hydrogen) atoms. The number of fused-ring (bicyclic) bond motifs is 3. The van der Waals surface area contributed by atoms with Crippen LogP contribution in [0.4, 0.5) is 0 Å². The largest absolute Gasteiger partial charge is 0.492 e. The molecule has 80 valence electrons. The Hall–Kier alpha value is -1.02. The molecule has 0 bridgehead atoms. The van der Waals surface area contributed by atoms with Crippen molar-refractivity contribution in [3.8, 4) is 5.88 Å². The van der Waals surface area contributed by atoms with Crippen LogP contribution in [0.1, 0.15) is 5.69 Å². The van der Waals surface area contributed by atoms with E-state index >= 15 is 0 Å². The predicted molar refractivity (Wildman–Crippen MR) is 71.8 cm³/mol. The van der Waals surface area contributed by atoms with Crippen LogP contribution < -0.4 is 0 Å². The van der Waals surface area contributed by atoms with Crippen molar-refractivity contribution in [2.75, 3.05) is 0 Å². The average molecular weight is 343 g/mol. The molecule has 3 aromatic heterocycles. The first-order chi connectivity index (χ1) is 7.66. The van der Waals surface area contributed by atoms with Gasteiger partial charge in [0.25, 0.3) is 0 Å². The number of thiophene rings is 1. The maximum Gasteiger partial charge on any atom is 0.229 e. The highest BCUT2D eigenvalue weighted by atomic mass is 127. The third-order valence-electron chi connectivity index (χ3n) is 2.38. The van der Waals surface area contributed by atoms with Gasteiger partial charge in [-0.15, -0.1) is 11.3 Å². The number of nitrogens with zero attached hydrogens (tertiary/aromatic N) is 3. The average Bonchev–Trinajstić information content (AvgIpc) is 2.57. The standard InChI is InChI=1S/C10H6IN3OS/c1-4-6-5-2-3-12-8(15)7(5)16-9(6)14-10(11)13-4/h2-3H,1H3,(H,12,15). The van der Waals surface area contributed by atoms with E-state index in [1.54, 1.807) is 6.20 Å². The number of aromatic nitrogens is 3. The Morgan fingerprint density at radius 2 is 2.19 bits per heavy atom. The fourth-order valence-corrected chi connectivity index (χ4v) is 3.60. The van der Waals surface area contributed by atoms with Crippen molar-refractivity contribution in [3.05, 3.63) is 21.8 Å². The van der Waals surface area contributed by atoms with E-state index in [0.717, 1.165) is 29.8 Å². The van der Waals surface area contributed by atoms with Gasteiger partial charge in [0.05, 0.1) is 10.4 Å². The van der Waals surface area contributed by atoms with Crippen LogP contribution >= 0.6 is 33.9 Å². The molecule has 3 rings (SSSR count). The lowest BCUT2D eigenvalue weighted by atomic mass is 10.2. The van der Waals surface area contributed by atoms with Crippen LogP contribution in [0.5, 0.6) is 5.88 Å². The van der Waals surface area contributed by atoms with Gasteiger partial charge in [0.1, 0.15) is 4.83 Å². The number of aryl methyl sites for hydroxylation is 1. The smallest absolute Gasteiger partial charge is 0.229 e. The van der Waals surface area contributed by atoms with E-state index in [0.29, 0.717) is 0 Å². The van der Waals surface area contributed by atoms with Crippen LogP contribution in [0.2, 0.25) is 0 Å². The van der Waals surface area contributed by atoms with Crippen molar-refractivity contribution in [3.63, 3.8) is 0 Å². The van der Waals surface area contributed by atoms with E-state index in [9.17, 15) is 5.11 Å². The van der Waals surface area contributed by atoms with Crippen LogP contribution in [0, 0.1) is 10.8 Å². The zero-order chi connectivity index (χ0) is 11.3. The van der Waals surface area contributed by atoms with Crippen LogP contribution in [-0.2, 0) is 0 Å². The number of pyridine rings is 1. The van der Waals surface area contributed by atoms with E-state index in [1.807, 2.05) is 13.0 Å². The van der Waals surface area contributed by atoms with Crippen LogP contribution in [0.25, 0.3) is 20.3 Å². The Morgan fingerprint density at radius 1 is 1.38 bits per heavy atom. The number of hydrogen-bond acceptors (Lipinski definition) is 5. The third-order valence-corrected chi connectivity index (χ3v) is 3.96. The van der Waals surface area contributed by atoms with Gasteiger partial charge in [-0.1, -0.05) is 0 Å². The molecule has 0 aromatic carbocycles. The van der Waals surface area contributed by atoms with Crippen molar-refractivity contribution >= 4 is 54.2 Å². The quantitative estimate of drug-likeness (QED) is 0.504. The second-order valence-electron chi connectivity index (χ2n) is 3.37. The molecule has 0 amide bonds. The molecular formula is C10H6IN3OS. The summed E-state index contributed by atoms with van der Waals surface area (Å²) >= 11 is 3.54. The van der Waals surface area contributed by atoms with Gasteiger partial charge < -0.3 is 5.11 Å². The van der Waals surface area contributed by atoms with Crippen molar-refractivity contribution < 1.29 is 5.11 Å². The highest BCUT2D eigenvalue weighted by Crippen LogP contribution is 2.37. The lowest BCUT2D eigenvalue weighted by Gasteiger charge is -1.96. The maximum absolute atomic E-state index is 9.68. The molecule has 0 fully saturated rings. The zero-order valence-electron chi connectivity index (χ0n) is 8.23. The summed E-state index contributed by atoms with van der Waals surface area (Å²) in [6.07, 6.45) is 1.60. The monoisotopic (exact) mass is 343 g/mol. The summed E-state index contributed by atoms with van der Waals surface area (Å²) < 4.78 is 1.50. The number of rotatable bonds is 0. The minimum Gasteiger partial charge on any atom is -0.492 e. The number of hydrogen-bond donors (Lipinski definition) is 1. The van der Waals surface area contributed by atoms with Gasteiger partial charge in [-0.2, -0.15) is 0 Å². The normalized spacial score (nSPS) is 11.4. The minimum atomic E-state index is 0.0647. The predicted octanol–water partition coefficient (Wildman–Crippen LogP) is 2.86. The summed E-state index contributed by atoms with van der Waals surface area (Å²) in [4.78, 5) is 13.5. The number of aromatic hydroxyl groups is 1. The third kappa shape index (κ3) is 1.36. The molecule has 0 aliphatic heterocycles. The maximum atomic E-state index is 9.68. The molecule has 0 atom stereocenters. The van der Waals surface area contributed by atoms with Gasteiger partial charge >= 0.3 is 0 Å². The molecule has 0 spiro atoms. The van der Waals surface area contributed by atoms with Gasteiger partial charge in [0.15, 0.2) is 3.83 Å². The van der Waals surface area contributed by atoms with Crippen LogP contribution in [0.15, 0.2) is 12.3 Å². The molecular weight excluding hydrogens is 337 g/mol.